The maximum absolute atomic E-state index is 9.52. The van der Waals surface area contributed by atoms with Gasteiger partial charge in [-0.2, -0.15) is 0 Å². The highest BCUT2D eigenvalue weighted by Gasteiger charge is 1.55. The summed E-state index contributed by atoms with van der Waals surface area (Å²) in [5, 5.41) is 0. The Morgan fingerprint density at radius 3 is 2.50 bits per heavy atom. The molecule has 0 bridgehead atoms. The lowest BCUT2D eigenvalue weighted by atomic mass is 11.4. The maximum atomic E-state index is 9.52. The molecule has 0 aromatic carbocycles. The molecular weight excluding hydrogens is 104 g/mol. The molecule has 0 amide bonds. The summed E-state index contributed by atoms with van der Waals surface area (Å²) in [5.41, 5.74) is 4.69. The van der Waals surface area contributed by atoms with E-state index in [2.05, 4.69) is 4.18 Å². The van der Waals surface area contributed by atoms with Crippen molar-refractivity contribution in [1.82, 2.24) is 0 Å². The van der Waals surface area contributed by atoms with Crippen LogP contribution in [0.5, 0.6) is 0 Å². The first-order chi connectivity index (χ1) is 2.77. The third-order valence-corrected chi connectivity index (χ3v) is 0.525. The van der Waals surface area contributed by atoms with Gasteiger partial charge >= 0.3 is 0 Å². The van der Waals surface area contributed by atoms with Crippen molar-refractivity contribution < 1.29 is 8.39 Å². The smallest absolute Gasteiger partial charge is 0.0757 e. The van der Waals surface area contributed by atoms with Crippen molar-refractivity contribution in [3.63, 3.8) is 0 Å². The fourth-order valence-corrected chi connectivity index (χ4v) is 0.185. The van der Waals surface area contributed by atoms with E-state index in [0.717, 1.165) is 0 Å². The van der Waals surface area contributed by atoms with Crippen molar-refractivity contribution in [3.05, 3.63) is 0 Å². The lowest BCUT2D eigenvalue weighted by Crippen LogP contribution is -2.00. The van der Waals surface area contributed by atoms with Gasteiger partial charge in [-0.25, -0.2) is 0 Å². The van der Waals surface area contributed by atoms with E-state index in [4.69, 9.17) is 10.5 Å². The summed E-state index contributed by atoms with van der Waals surface area (Å²) in [6, 6.07) is 0. The Labute approximate surface area is 37.5 Å². The molecule has 4 nitrogen and oxygen atoms in total. The van der Waals surface area contributed by atoms with Crippen LogP contribution in [0.4, 0.5) is 0 Å². The summed E-state index contributed by atoms with van der Waals surface area (Å²) in [6.45, 7) is -0.157. The highest BCUT2D eigenvalue weighted by Crippen LogP contribution is 1.62. The first-order valence-corrected chi connectivity index (χ1v) is 2.31. The number of rotatable bonds is 2. The molecule has 0 aliphatic carbocycles. The quantitative estimate of drug-likeness (QED) is 0.373. The first-order valence-electron chi connectivity index (χ1n) is 1.23. The van der Waals surface area contributed by atoms with E-state index in [1.54, 1.807) is 0 Å². The summed E-state index contributed by atoms with van der Waals surface area (Å²) >= 11 is 0. The molecule has 0 unspecified atom stereocenters. The van der Waals surface area contributed by atoms with Gasteiger partial charge < -0.3 is 18.9 Å². The number of nitrogens with two attached hydrogens (primary N) is 1. The SMILES string of the molecule is N=[S-](=O)OCN. The van der Waals surface area contributed by atoms with Gasteiger partial charge in [0.1, 0.15) is 0 Å². The molecule has 6 heavy (non-hydrogen) atoms. The van der Waals surface area contributed by atoms with Gasteiger partial charge in [-0.1, -0.05) is 10.9 Å². The van der Waals surface area contributed by atoms with Crippen LogP contribution < -0.4 is 5.73 Å². The Morgan fingerprint density at radius 2 is 2.50 bits per heavy atom. The van der Waals surface area contributed by atoms with Crippen LogP contribution in [-0.4, -0.2) is 6.73 Å². The third-order valence-electron chi connectivity index (χ3n) is 0.175. The predicted molar refractivity (Wildman–Crippen MR) is 20.9 cm³/mol. The summed E-state index contributed by atoms with van der Waals surface area (Å²) < 4.78 is 19.6. The van der Waals surface area contributed by atoms with Crippen LogP contribution in [0.2, 0.25) is 0 Å². The third kappa shape index (κ3) is 3.87. The number of nitrogens with one attached hydrogen (secondary N) is 1. The minimum absolute atomic E-state index is 0.157. The first kappa shape index (κ1) is 5.87. The van der Waals surface area contributed by atoms with Gasteiger partial charge in [-0.15, -0.1) is 0 Å². The Balaban J connectivity index is 3.07. The molecule has 0 saturated heterocycles. The molecule has 0 rings (SSSR count). The van der Waals surface area contributed by atoms with Gasteiger partial charge in [-0.3, -0.25) is 0 Å². The Kier molecular flexibility index (Phi) is 3.01. The second-order valence-electron chi connectivity index (χ2n) is 0.519. The van der Waals surface area contributed by atoms with E-state index in [9.17, 15) is 4.21 Å². The van der Waals surface area contributed by atoms with E-state index in [1.165, 1.54) is 0 Å². The van der Waals surface area contributed by atoms with Crippen molar-refractivity contribution in [1.29, 1.82) is 4.78 Å². The van der Waals surface area contributed by atoms with Gasteiger partial charge in [0.2, 0.25) is 0 Å². The van der Waals surface area contributed by atoms with Crippen LogP contribution in [-0.2, 0) is 19.3 Å². The maximum Gasteiger partial charge on any atom is 0.0757 e. The second kappa shape index (κ2) is 3.08. The molecule has 0 aromatic heterocycles. The molecule has 0 aromatic rings. The molecule has 3 N–H and O–H groups in total. The van der Waals surface area contributed by atoms with Gasteiger partial charge in [0.25, 0.3) is 0 Å². The summed E-state index contributed by atoms with van der Waals surface area (Å²) in [7, 11) is -1.94. The Bertz CT molecular complexity index is 79.5. The van der Waals surface area contributed by atoms with Crippen LogP contribution in [0.15, 0.2) is 0 Å². The van der Waals surface area contributed by atoms with E-state index >= 15 is 0 Å². The topological polar surface area (TPSA) is 76.2 Å². The Morgan fingerprint density at radius 1 is 2.00 bits per heavy atom. The molecule has 38 valence electrons. The van der Waals surface area contributed by atoms with E-state index in [1.807, 2.05) is 0 Å². The van der Waals surface area contributed by atoms with E-state index < -0.39 is 10.9 Å². The minimum atomic E-state index is -1.94. The molecular formula is CH5N2O2S-. The molecule has 0 spiro atoms. The van der Waals surface area contributed by atoms with Crippen molar-refractivity contribution in [3.8, 4) is 0 Å². The lowest BCUT2D eigenvalue weighted by molar-refractivity contribution is 0.357. The zero-order valence-corrected chi connectivity index (χ0v) is 3.83. The van der Waals surface area contributed by atoms with Crippen molar-refractivity contribution in [2.24, 2.45) is 5.73 Å². The molecule has 0 aliphatic rings. The van der Waals surface area contributed by atoms with Crippen LogP contribution in [0.25, 0.3) is 0 Å². The fraction of sp³-hybridized carbons (Fsp3) is 1.00. The van der Waals surface area contributed by atoms with Gasteiger partial charge in [-0.05, 0) is 0 Å². The van der Waals surface area contributed by atoms with Crippen LogP contribution >= 0.6 is 0 Å². The van der Waals surface area contributed by atoms with Crippen LogP contribution in [0.1, 0.15) is 0 Å². The predicted octanol–water partition coefficient (Wildman–Crippen LogP) is -0.440. The normalized spacial score (nSPS) is 9.67. The molecule has 0 atom stereocenters. The summed E-state index contributed by atoms with van der Waals surface area (Å²) in [5.74, 6) is 0. The summed E-state index contributed by atoms with van der Waals surface area (Å²) in [6.07, 6.45) is 0. The second-order valence-corrected chi connectivity index (χ2v) is 1.22. The molecule has 0 heterocycles. The van der Waals surface area contributed by atoms with E-state index in [-0.39, 0.29) is 6.73 Å². The van der Waals surface area contributed by atoms with Crippen LogP contribution in [0.3, 0.4) is 0 Å². The van der Waals surface area contributed by atoms with Crippen molar-refractivity contribution >= 4 is 10.9 Å². The molecule has 0 fully saturated rings. The lowest BCUT2D eigenvalue weighted by Gasteiger charge is -1.95. The average Bonchev–Trinajstić information content (AvgIpc) is 1.35. The largest absolute Gasteiger partial charge is 0.426 e. The molecule has 0 radical (unpaired) electrons. The highest BCUT2D eigenvalue weighted by molar-refractivity contribution is 7.68. The van der Waals surface area contributed by atoms with Gasteiger partial charge in [0, 0.05) is 0 Å². The van der Waals surface area contributed by atoms with Gasteiger partial charge in [0.05, 0.1) is 6.73 Å². The molecule has 5 heteroatoms. The molecule has 0 aliphatic heterocycles. The highest BCUT2D eigenvalue weighted by atomic mass is 32.2. The van der Waals surface area contributed by atoms with E-state index in [0.29, 0.717) is 0 Å². The Hall–Kier alpha value is -0.130. The van der Waals surface area contributed by atoms with Crippen molar-refractivity contribution in [2.45, 2.75) is 0 Å². The number of hydrogen-bond acceptors (Lipinski definition) is 5. The number of hydrogen-bond donors (Lipinski definition) is 2. The standard InChI is InChI=1S/CH5N2O2S/c2-1-5-6(3)4/h3H,1-2H2/q-1. The minimum Gasteiger partial charge on any atom is -0.426 e. The fourth-order valence-electron chi connectivity index (χ4n) is 0.0618. The molecule has 0 saturated carbocycles. The average molecular weight is 109 g/mol. The van der Waals surface area contributed by atoms with Crippen LogP contribution in [0, 0.1) is 4.78 Å². The monoisotopic (exact) mass is 109 g/mol. The zero-order chi connectivity index (χ0) is 4.99. The zero-order valence-electron chi connectivity index (χ0n) is 3.01. The van der Waals surface area contributed by atoms with Gasteiger partial charge in [0.15, 0.2) is 0 Å². The summed E-state index contributed by atoms with van der Waals surface area (Å²) in [4.78, 5) is 0. The van der Waals surface area contributed by atoms with Crippen molar-refractivity contribution in [2.75, 3.05) is 6.73 Å².